The van der Waals surface area contributed by atoms with Crippen LogP contribution in [0.1, 0.15) is 32.1 Å². The summed E-state index contributed by atoms with van der Waals surface area (Å²) in [6.07, 6.45) is 7.93. The molecule has 5 heteroatoms. The molecule has 0 fully saturated rings. The standard InChI is InChI=1S/C12H21N3O2/c16-12(17)6-2-1-3-7-13-8-4-10-15-11-5-9-14-15/h5,9,11,13H,1-4,6-8,10H2,(H,16,17). The maximum atomic E-state index is 10.3. The van der Waals surface area contributed by atoms with Crippen LogP contribution in [-0.2, 0) is 11.3 Å². The second-order valence-corrected chi connectivity index (χ2v) is 4.08. The van der Waals surface area contributed by atoms with Gasteiger partial charge in [0.25, 0.3) is 0 Å². The molecule has 1 heterocycles. The number of carbonyl (C=O) groups is 1. The molecule has 1 aromatic heterocycles. The second-order valence-electron chi connectivity index (χ2n) is 4.08. The van der Waals surface area contributed by atoms with Crippen LogP contribution in [0.3, 0.4) is 0 Å². The van der Waals surface area contributed by atoms with Crippen LogP contribution in [-0.4, -0.2) is 33.9 Å². The number of nitrogens with one attached hydrogen (secondary N) is 1. The third kappa shape index (κ3) is 7.52. The smallest absolute Gasteiger partial charge is 0.303 e. The van der Waals surface area contributed by atoms with Crippen molar-refractivity contribution in [2.75, 3.05) is 13.1 Å². The Hall–Kier alpha value is -1.36. The molecule has 0 spiro atoms. The number of hydrogen-bond donors (Lipinski definition) is 2. The maximum Gasteiger partial charge on any atom is 0.303 e. The van der Waals surface area contributed by atoms with Crippen LogP contribution in [0.15, 0.2) is 18.5 Å². The van der Waals surface area contributed by atoms with Crippen LogP contribution in [0.5, 0.6) is 0 Å². The van der Waals surface area contributed by atoms with E-state index in [0.29, 0.717) is 6.42 Å². The molecule has 1 rings (SSSR count). The second kappa shape index (κ2) is 8.75. The molecule has 0 aromatic carbocycles. The summed E-state index contributed by atoms with van der Waals surface area (Å²) in [5, 5.41) is 15.9. The normalized spacial score (nSPS) is 10.6. The summed E-state index contributed by atoms with van der Waals surface area (Å²) < 4.78 is 1.93. The first-order valence-corrected chi connectivity index (χ1v) is 6.19. The SMILES string of the molecule is O=C(O)CCCCCNCCCn1cccn1. The zero-order chi connectivity index (χ0) is 12.3. The molecule has 2 N–H and O–H groups in total. The van der Waals surface area contributed by atoms with Crippen LogP contribution >= 0.6 is 0 Å². The van der Waals surface area contributed by atoms with Crippen LogP contribution < -0.4 is 5.32 Å². The van der Waals surface area contributed by atoms with Gasteiger partial charge in [0.05, 0.1) is 0 Å². The van der Waals surface area contributed by atoms with Crippen molar-refractivity contribution in [1.82, 2.24) is 15.1 Å². The number of rotatable bonds is 10. The molecule has 0 aliphatic carbocycles. The Kier molecular flexibility index (Phi) is 7.06. The van der Waals surface area contributed by atoms with Gasteiger partial charge in [-0.2, -0.15) is 5.10 Å². The summed E-state index contributed by atoms with van der Waals surface area (Å²) in [6.45, 7) is 2.90. The van der Waals surface area contributed by atoms with Gasteiger partial charge in [0.2, 0.25) is 0 Å². The first-order valence-electron chi connectivity index (χ1n) is 6.19. The van der Waals surface area contributed by atoms with E-state index in [1.54, 1.807) is 6.20 Å². The van der Waals surface area contributed by atoms with Gasteiger partial charge < -0.3 is 10.4 Å². The van der Waals surface area contributed by atoms with Crippen LogP contribution in [0, 0.1) is 0 Å². The summed E-state index contributed by atoms with van der Waals surface area (Å²) in [5.74, 6) is -0.697. The van der Waals surface area contributed by atoms with E-state index in [2.05, 4.69) is 10.4 Å². The molecular weight excluding hydrogens is 218 g/mol. The highest BCUT2D eigenvalue weighted by molar-refractivity contribution is 5.66. The van der Waals surface area contributed by atoms with Crippen molar-refractivity contribution < 1.29 is 9.90 Å². The Morgan fingerprint density at radius 3 is 2.76 bits per heavy atom. The molecule has 0 unspecified atom stereocenters. The lowest BCUT2D eigenvalue weighted by molar-refractivity contribution is -0.137. The van der Waals surface area contributed by atoms with Crippen LogP contribution in [0.25, 0.3) is 0 Å². The predicted molar refractivity (Wildman–Crippen MR) is 65.8 cm³/mol. The summed E-state index contributed by atoms with van der Waals surface area (Å²) in [6, 6.07) is 1.93. The lowest BCUT2D eigenvalue weighted by atomic mass is 10.2. The minimum Gasteiger partial charge on any atom is -0.481 e. The van der Waals surface area contributed by atoms with Gasteiger partial charge in [0.15, 0.2) is 0 Å². The monoisotopic (exact) mass is 239 g/mol. The highest BCUT2D eigenvalue weighted by Crippen LogP contribution is 1.98. The fraction of sp³-hybridized carbons (Fsp3) is 0.667. The molecule has 96 valence electrons. The topological polar surface area (TPSA) is 67.2 Å². The largest absolute Gasteiger partial charge is 0.481 e. The third-order valence-corrected chi connectivity index (χ3v) is 2.54. The van der Waals surface area contributed by atoms with E-state index in [4.69, 9.17) is 5.11 Å². The van der Waals surface area contributed by atoms with Gasteiger partial charge in [-0.1, -0.05) is 6.42 Å². The van der Waals surface area contributed by atoms with Gasteiger partial charge >= 0.3 is 5.97 Å². The third-order valence-electron chi connectivity index (χ3n) is 2.54. The first-order chi connectivity index (χ1) is 8.29. The average molecular weight is 239 g/mol. The molecule has 0 aliphatic heterocycles. The molecule has 5 nitrogen and oxygen atoms in total. The van der Waals surface area contributed by atoms with E-state index in [0.717, 1.165) is 45.3 Å². The van der Waals surface area contributed by atoms with Crippen molar-refractivity contribution in [1.29, 1.82) is 0 Å². The Bertz CT molecular complexity index is 299. The van der Waals surface area contributed by atoms with Gasteiger partial charge in [-0.05, 0) is 38.4 Å². The molecule has 0 aliphatic rings. The molecule has 0 amide bonds. The fourth-order valence-electron chi connectivity index (χ4n) is 1.63. The molecule has 0 bridgehead atoms. The van der Waals surface area contributed by atoms with Gasteiger partial charge in [0.1, 0.15) is 0 Å². The number of aromatic nitrogens is 2. The van der Waals surface area contributed by atoms with E-state index >= 15 is 0 Å². The van der Waals surface area contributed by atoms with E-state index < -0.39 is 5.97 Å². The lowest BCUT2D eigenvalue weighted by Gasteiger charge is -2.04. The fourth-order valence-corrected chi connectivity index (χ4v) is 1.63. The predicted octanol–water partition coefficient (Wildman–Crippen LogP) is 1.51. The molecule has 0 saturated carbocycles. The number of carboxylic acid groups (broad SMARTS) is 1. The van der Waals surface area contributed by atoms with Gasteiger partial charge in [0, 0.05) is 25.4 Å². The zero-order valence-electron chi connectivity index (χ0n) is 10.1. The van der Waals surface area contributed by atoms with E-state index in [1.165, 1.54) is 0 Å². The van der Waals surface area contributed by atoms with Gasteiger partial charge in [-0.3, -0.25) is 9.48 Å². The van der Waals surface area contributed by atoms with Crippen molar-refractivity contribution in [3.05, 3.63) is 18.5 Å². The summed E-state index contributed by atoms with van der Waals surface area (Å²) >= 11 is 0. The van der Waals surface area contributed by atoms with E-state index in [-0.39, 0.29) is 0 Å². The van der Waals surface area contributed by atoms with Crippen molar-refractivity contribution in [2.45, 2.75) is 38.6 Å². The number of hydrogen-bond acceptors (Lipinski definition) is 3. The summed E-state index contributed by atoms with van der Waals surface area (Å²) in [4.78, 5) is 10.3. The number of aliphatic carboxylic acids is 1. The number of carboxylic acids is 1. The molecule has 0 atom stereocenters. The Labute approximate surface area is 102 Å². The Morgan fingerprint density at radius 2 is 2.06 bits per heavy atom. The first kappa shape index (κ1) is 13.7. The number of nitrogens with zero attached hydrogens (tertiary/aromatic N) is 2. The molecule has 0 radical (unpaired) electrons. The Morgan fingerprint density at radius 1 is 1.24 bits per heavy atom. The minimum atomic E-state index is -0.697. The maximum absolute atomic E-state index is 10.3. The van der Waals surface area contributed by atoms with Crippen molar-refractivity contribution in [2.24, 2.45) is 0 Å². The van der Waals surface area contributed by atoms with E-state index in [1.807, 2.05) is 16.9 Å². The minimum absolute atomic E-state index is 0.291. The summed E-state index contributed by atoms with van der Waals surface area (Å²) in [5.41, 5.74) is 0. The Balaban J connectivity index is 1.80. The van der Waals surface area contributed by atoms with Crippen LogP contribution in [0.2, 0.25) is 0 Å². The van der Waals surface area contributed by atoms with Crippen molar-refractivity contribution in [3.63, 3.8) is 0 Å². The molecule has 0 saturated heterocycles. The highest BCUT2D eigenvalue weighted by atomic mass is 16.4. The highest BCUT2D eigenvalue weighted by Gasteiger charge is 1.96. The number of aryl methyl sites for hydroxylation is 1. The molecular formula is C12H21N3O2. The molecule has 17 heavy (non-hydrogen) atoms. The average Bonchev–Trinajstić information content (AvgIpc) is 2.79. The summed E-state index contributed by atoms with van der Waals surface area (Å²) in [7, 11) is 0. The number of unbranched alkanes of at least 4 members (excludes halogenated alkanes) is 2. The quantitative estimate of drug-likeness (QED) is 0.607. The lowest BCUT2D eigenvalue weighted by Crippen LogP contribution is -2.18. The zero-order valence-corrected chi connectivity index (χ0v) is 10.1. The van der Waals surface area contributed by atoms with E-state index in [9.17, 15) is 4.79 Å². The molecule has 1 aromatic rings. The van der Waals surface area contributed by atoms with Crippen molar-refractivity contribution >= 4 is 5.97 Å². The van der Waals surface area contributed by atoms with Gasteiger partial charge in [-0.15, -0.1) is 0 Å². The van der Waals surface area contributed by atoms with Crippen LogP contribution in [0.4, 0.5) is 0 Å². The van der Waals surface area contributed by atoms with Crippen molar-refractivity contribution in [3.8, 4) is 0 Å². The van der Waals surface area contributed by atoms with Gasteiger partial charge in [-0.25, -0.2) is 0 Å².